The van der Waals surface area contributed by atoms with Gasteiger partial charge >= 0.3 is 0 Å². The fraction of sp³-hybridized carbons (Fsp3) is 0.636. The van der Waals surface area contributed by atoms with Crippen LogP contribution in [0.2, 0.25) is 0 Å². The Morgan fingerprint density at radius 2 is 2.12 bits per heavy atom. The maximum Gasteiger partial charge on any atom is 0.292 e. The predicted octanol–water partition coefficient (Wildman–Crippen LogP) is 1.05. The summed E-state index contributed by atoms with van der Waals surface area (Å²) in [4.78, 5) is 0. The third kappa shape index (κ3) is 3.16. The Bertz CT molecular complexity index is 446. The second kappa shape index (κ2) is 4.53. The second-order valence-corrected chi connectivity index (χ2v) is 6.50. The van der Waals surface area contributed by atoms with Crippen molar-refractivity contribution >= 4 is 10.1 Å². The molecule has 0 amide bonds. The minimum absolute atomic E-state index is 0.235. The number of rotatable bonds is 4. The van der Waals surface area contributed by atoms with E-state index in [1.807, 2.05) is 13.0 Å². The van der Waals surface area contributed by atoms with E-state index in [1.165, 1.54) is 19.9 Å². The first kappa shape index (κ1) is 14.4. The molecule has 0 aromatic carbocycles. The number of aliphatic hydroxyl groups is 2. The maximum absolute atomic E-state index is 12.0. The Kier molecular flexibility index (Phi) is 3.83. The molecule has 0 fully saturated rings. The lowest BCUT2D eigenvalue weighted by Gasteiger charge is -2.30. The highest BCUT2D eigenvalue weighted by Crippen LogP contribution is 2.33. The summed E-state index contributed by atoms with van der Waals surface area (Å²) in [5.74, 6) is -2.65. The molecule has 1 aliphatic carbocycles. The molecule has 0 aromatic rings. The summed E-state index contributed by atoms with van der Waals surface area (Å²) in [6.45, 7) is 4.71. The van der Waals surface area contributed by atoms with Gasteiger partial charge < -0.3 is 10.2 Å². The first-order valence-electron chi connectivity index (χ1n) is 5.37. The van der Waals surface area contributed by atoms with Crippen molar-refractivity contribution in [2.45, 2.75) is 44.3 Å². The first-order chi connectivity index (χ1) is 7.62. The fourth-order valence-corrected chi connectivity index (χ4v) is 2.90. The quantitative estimate of drug-likeness (QED) is 0.584. The molecule has 5 nitrogen and oxygen atoms in total. The van der Waals surface area contributed by atoms with Crippen LogP contribution in [-0.4, -0.2) is 29.4 Å². The topological polar surface area (TPSA) is 83.8 Å². The van der Waals surface area contributed by atoms with Crippen LogP contribution >= 0.6 is 0 Å². The smallest absolute Gasteiger partial charge is 0.292 e. The number of allylic oxidation sites excluding steroid dienone is 3. The van der Waals surface area contributed by atoms with Gasteiger partial charge in [-0.1, -0.05) is 30.7 Å². The summed E-state index contributed by atoms with van der Waals surface area (Å²) in [5, 5.41) is 18.6. The fourth-order valence-electron chi connectivity index (χ4n) is 1.59. The number of hydrogen-bond acceptors (Lipinski definition) is 5. The van der Waals surface area contributed by atoms with Crippen molar-refractivity contribution in [3.8, 4) is 0 Å². The van der Waals surface area contributed by atoms with Crippen LogP contribution in [0.4, 0.5) is 0 Å². The zero-order valence-corrected chi connectivity index (χ0v) is 11.0. The minimum Gasteiger partial charge on any atom is -0.343 e. The molecule has 0 heterocycles. The minimum atomic E-state index is -4.11. The average Bonchev–Trinajstić information content (AvgIpc) is 2.15. The summed E-state index contributed by atoms with van der Waals surface area (Å²) in [5.41, 5.74) is 0.889. The van der Waals surface area contributed by atoms with Crippen LogP contribution in [0, 0.1) is 0 Å². The highest BCUT2D eigenvalue weighted by atomic mass is 32.2. The van der Waals surface area contributed by atoms with Gasteiger partial charge in [0, 0.05) is 6.42 Å². The van der Waals surface area contributed by atoms with E-state index < -0.39 is 20.8 Å². The Labute approximate surface area is 102 Å². The van der Waals surface area contributed by atoms with Crippen LogP contribution in [-0.2, 0) is 14.3 Å². The molecule has 0 bridgehead atoms. The Morgan fingerprint density at radius 1 is 1.53 bits per heavy atom. The standard InChI is InChI=1S/C11H18O5S/c1-4-11(12,13)16-17(14,15)10(3)7-5-6-9(2)8-10/h5-7,12-13H,4,8H2,1-3H3. The van der Waals surface area contributed by atoms with Gasteiger partial charge in [-0.2, -0.15) is 8.42 Å². The van der Waals surface area contributed by atoms with Gasteiger partial charge in [-0.25, -0.2) is 4.18 Å². The van der Waals surface area contributed by atoms with Gasteiger partial charge in [-0.3, -0.25) is 0 Å². The summed E-state index contributed by atoms with van der Waals surface area (Å²) >= 11 is 0. The third-order valence-electron chi connectivity index (χ3n) is 2.73. The zero-order chi connectivity index (χ0) is 13.3. The Hall–Kier alpha value is -0.690. The molecule has 0 aromatic heterocycles. The van der Waals surface area contributed by atoms with Crippen LogP contribution in [0.1, 0.15) is 33.6 Å². The second-order valence-electron chi connectivity index (χ2n) is 4.50. The SMILES string of the molecule is CCC(O)(O)OS(=O)(=O)C1(C)C=CC=C(C)C1. The summed E-state index contributed by atoms with van der Waals surface area (Å²) in [6.07, 6.45) is 4.96. The molecule has 0 saturated heterocycles. The van der Waals surface area contributed by atoms with Crippen LogP contribution in [0.3, 0.4) is 0 Å². The Morgan fingerprint density at radius 3 is 2.59 bits per heavy atom. The zero-order valence-electron chi connectivity index (χ0n) is 10.2. The molecule has 17 heavy (non-hydrogen) atoms. The predicted molar refractivity (Wildman–Crippen MR) is 63.4 cm³/mol. The van der Waals surface area contributed by atoms with Gasteiger partial charge in [-0.05, 0) is 20.3 Å². The van der Waals surface area contributed by atoms with E-state index in [2.05, 4.69) is 4.18 Å². The highest BCUT2D eigenvalue weighted by Gasteiger charge is 2.43. The average molecular weight is 262 g/mol. The van der Waals surface area contributed by atoms with Crippen LogP contribution in [0.25, 0.3) is 0 Å². The van der Waals surface area contributed by atoms with Crippen LogP contribution in [0.15, 0.2) is 23.8 Å². The van der Waals surface area contributed by atoms with Gasteiger partial charge in [0.25, 0.3) is 16.1 Å². The molecule has 0 aliphatic heterocycles. The highest BCUT2D eigenvalue weighted by molar-refractivity contribution is 7.88. The van der Waals surface area contributed by atoms with Crippen molar-refractivity contribution in [2.75, 3.05) is 0 Å². The lowest BCUT2D eigenvalue weighted by atomic mass is 9.96. The van der Waals surface area contributed by atoms with Crippen LogP contribution < -0.4 is 0 Å². The lowest BCUT2D eigenvalue weighted by Crippen LogP contribution is -2.43. The summed E-state index contributed by atoms with van der Waals surface area (Å²) < 4.78 is 27.2. The normalized spacial score (nSPS) is 25.8. The van der Waals surface area contributed by atoms with Gasteiger partial charge in [0.2, 0.25) is 0 Å². The third-order valence-corrected chi connectivity index (χ3v) is 4.64. The van der Waals surface area contributed by atoms with E-state index in [0.717, 1.165) is 5.57 Å². The number of hydrogen-bond donors (Lipinski definition) is 2. The van der Waals surface area contributed by atoms with Crippen molar-refractivity contribution in [1.82, 2.24) is 0 Å². The molecule has 1 atom stereocenters. The largest absolute Gasteiger partial charge is 0.343 e. The van der Waals surface area contributed by atoms with Gasteiger partial charge in [-0.15, -0.1) is 0 Å². The molecule has 2 N–H and O–H groups in total. The molecule has 98 valence electrons. The van der Waals surface area contributed by atoms with Gasteiger partial charge in [0.15, 0.2) is 0 Å². The van der Waals surface area contributed by atoms with Crippen molar-refractivity contribution in [2.24, 2.45) is 0 Å². The molecule has 1 unspecified atom stereocenters. The van der Waals surface area contributed by atoms with Gasteiger partial charge in [0.05, 0.1) is 0 Å². The molecule has 0 spiro atoms. The van der Waals surface area contributed by atoms with Gasteiger partial charge in [0.1, 0.15) is 4.75 Å². The van der Waals surface area contributed by atoms with Crippen molar-refractivity contribution in [1.29, 1.82) is 0 Å². The molecule has 6 heteroatoms. The molecule has 1 aliphatic rings. The van der Waals surface area contributed by atoms with E-state index in [-0.39, 0.29) is 12.8 Å². The molecule has 0 radical (unpaired) electrons. The monoisotopic (exact) mass is 262 g/mol. The van der Waals surface area contributed by atoms with Crippen molar-refractivity contribution in [3.63, 3.8) is 0 Å². The van der Waals surface area contributed by atoms with E-state index in [0.29, 0.717) is 0 Å². The maximum atomic E-state index is 12.0. The molecular formula is C11H18O5S. The van der Waals surface area contributed by atoms with E-state index in [1.54, 1.807) is 6.08 Å². The van der Waals surface area contributed by atoms with Crippen LogP contribution in [0.5, 0.6) is 0 Å². The van der Waals surface area contributed by atoms with E-state index in [4.69, 9.17) is 0 Å². The Balaban J connectivity index is 3.00. The summed E-state index contributed by atoms with van der Waals surface area (Å²) in [6, 6.07) is 0. The molecular weight excluding hydrogens is 244 g/mol. The first-order valence-corrected chi connectivity index (χ1v) is 6.78. The molecule has 1 rings (SSSR count). The lowest BCUT2D eigenvalue weighted by molar-refractivity contribution is -0.291. The van der Waals surface area contributed by atoms with Crippen molar-refractivity contribution in [3.05, 3.63) is 23.8 Å². The van der Waals surface area contributed by atoms with E-state index >= 15 is 0 Å². The van der Waals surface area contributed by atoms with E-state index in [9.17, 15) is 18.6 Å². The van der Waals surface area contributed by atoms with Crippen molar-refractivity contribution < 1.29 is 22.8 Å². The summed E-state index contributed by atoms with van der Waals surface area (Å²) in [7, 11) is -4.11. The molecule has 0 saturated carbocycles.